The highest BCUT2D eigenvalue weighted by Gasteiger charge is 2.27. The standard InChI is InChI=1S/C17H23Cl2FN2.ClH/c1-2-3-4-5-6-15(22-11-9-21-10-12-22)16-13(18)7-8-14(19)17(16)20;/h2,7-8,15,21H,1,3-6,9-12H2;1H/t15-;/m1./s1. The average molecular weight is 382 g/mol. The molecule has 1 aromatic rings. The van der Waals surface area contributed by atoms with Gasteiger partial charge in [-0.1, -0.05) is 35.7 Å². The molecule has 1 N–H and O–H groups in total. The van der Waals surface area contributed by atoms with Crippen LogP contribution in [0.3, 0.4) is 0 Å². The van der Waals surface area contributed by atoms with Gasteiger partial charge in [0.25, 0.3) is 0 Å². The zero-order valence-electron chi connectivity index (χ0n) is 13.2. The van der Waals surface area contributed by atoms with Crippen LogP contribution in [0.2, 0.25) is 10.0 Å². The van der Waals surface area contributed by atoms with Gasteiger partial charge in [0, 0.05) is 42.8 Å². The van der Waals surface area contributed by atoms with E-state index in [1.807, 2.05) is 6.08 Å². The van der Waals surface area contributed by atoms with Crippen LogP contribution in [0.4, 0.5) is 4.39 Å². The minimum Gasteiger partial charge on any atom is -0.314 e. The third-order valence-corrected chi connectivity index (χ3v) is 4.76. The average Bonchev–Trinajstić information content (AvgIpc) is 2.54. The van der Waals surface area contributed by atoms with E-state index >= 15 is 0 Å². The molecule has 2 rings (SSSR count). The van der Waals surface area contributed by atoms with Gasteiger partial charge in [-0.15, -0.1) is 19.0 Å². The van der Waals surface area contributed by atoms with Crippen LogP contribution in [0, 0.1) is 5.82 Å². The van der Waals surface area contributed by atoms with Gasteiger partial charge in [0.2, 0.25) is 0 Å². The van der Waals surface area contributed by atoms with E-state index in [9.17, 15) is 4.39 Å². The maximum Gasteiger partial charge on any atom is 0.148 e. The largest absolute Gasteiger partial charge is 0.314 e. The van der Waals surface area contributed by atoms with Crippen molar-refractivity contribution < 1.29 is 4.39 Å². The van der Waals surface area contributed by atoms with Crippen LogP contribution in [0.25, 0.3) is 0 Å². The predicted molar refractivity (Wildman–Crippen MR) is 99.5 cm³/mol. The summed E-state index contributed by atoms with van der Waals surface area (Å²) in [4.78, 5) is 2.31. The highest BCUT2D eigenvalue weighted by molar-refractivity contribution is 6.33. The number of hydrogen-bond acceptors (Lipinski definition) is 2. The van der Waals surface area contributed by atoms with Gasteiger partial charge in [-0.3, -0.25) is 4.90 Å². The first-order valence-corrected chi connectivity index (χ1v) is 8.59. The normalized spacial score (nSPS) is 16.7. The Morgan fingerprint density at radius 3 is 2.52 bits per heavy atom. The molecule has 1 atom stereocenters. The van der Waals surface area contributed by atoms with E-state index < -0.39 is 0 Å². The molecule has 0 unspecified atom stereocenters. The summed E-state index contributed by atoms with van der Waals surface area (Å²) in [5.41, 5.74) is 0.551. The Labute approximate surface area is 154 Å². The number of hydrogen-bond donors (Lipinski definition) is 1. The van der Waals surface area contributed by atoms with Gasteiger partial charge in [0.1, 0.15) is 5.82 Å². The molecule has 1 aromatic carbocycles. The van der Waals surface area contributed by atoms with E-state index in [0.29, 0.717) is 10.6 Å². The van der Waals surface area contributed by atoms with E-state index in [2.05, 4.69) is 16.8 Å². The molecule has 0 aromatic heterocycles. The van der Waals surface area contributed by atoms with Crippen molar-refractivity contribution >= 4 is 35.6 Å². The summed E-state index contributed by atoms with van der Waals surface area (Å²) in [5, 5.41) is 3.94. The van der Waals surface area contributed by atoms with E-state index in [4.69, 9.17) is 23.2 Å². The Balaban J connectivity index is 0.00000264. The zero-order chi connectivity index (χ0) is 15.9. The molecule has 130 valence electrons. The third-order valence-electron chi connectivity index (χ3n) is 4.14. The summed E-state index contributed by atoms with van der Waals surface area (Å²) in [6.07, 6.45) is 5.87. The predicted octanol–water partition coefficient (Wildman–Crippen LogP) is 5.25. The van der Waals surface area contributed by atoms with Crippen LogP contribution < -0.4 is 5.32 Å². The van der Waals surface area contributed by atoms with E-state index in [1.54, 1.807) is 6.07 Å². The lowest BCUT2D eigenvalue weighted by Gasteiger charge is -2.36. The molecule has 0 bridgehead atoms. The number of nitrogens with zero attached hydrogens (tertiary/aromatic N) is 1. The molecule has 1 saturated heterocycles. The molecule has 23 heavy (non-hydrogen) atoms. The van der Waals surface area contributed by atoms with Crippen molar-refractivity contribution in [1.29, 1.82) is 0 Å². The van der Waals surface area contributed by atoms with E-state index in [-0.39, 0.29) is 29.3 Å². The lowest BCUT2D eigenvalue weighted by Crippen LogP contribution is -2.45. The number of rotatable bonds is 7. The van der Waals surface area contributed by atoms with Crippen molar-refractivity contribution in [1.82, 2.24) is 10.2 Å². The molecule has 0 aliphatic carbocycles. The van der Waals surface area contributed by atoms with E-state index in [0.717, 1.165) is 51.9 Å². The maximum atomic E-state index is 14.6. The van der Waals surface area contributed by atoms with Crippen molar-refractivity contribution in [3.63, 3.8) is 0 Å². The van der Waals surface area contributed by atoms with Gasteiger partial charge >= 0.3 is 0 Å². The zero-order valence-corrected chi connectivity index (χ0v) is 15.5. The van der Waals surface area contributed by atoms with Crippen molar-refractivity contribution in [2.75, 3.05) is 26.2 Å². The van der Waals surface area contributed by atoms with Crippen LogP contribution >= 0.6 is 35.6 Å². The van der Waals surface area contributed by atoms with Crippen LogP contribution in [0.1, 0.15) is 37.3 Å². The highest BCUT2D eigenvalue weighted by Crippen LogP contribution is 2.36. The van der Waals surface area contributed by atoms with Crippen molar-refractivity contribution in [2.45, 2.75) is 31.7 Å². The minimum atomic E-state index is -0.374. The summed E-state index contributed by atoms with van der Waals surface area (Å²) in [7, 11) is 0. The SMILES string of the molecule is C=CCCCC[C@H](c1c(Cl)ccc(Cl)c1F)N1CCNCC1.Cl. The Kier molecular flexibility index (Phi) is 9.48. The van der Waals surface area contributed by atoms with Crippen LogP contribution in [-0.2, 0) is 0 Å². The first kappa shape index (κ1) is 20.7. The number of piperazine rings is 1. The molecule has 1 fully saturated rings. The lowest BCUT2D eigenvalue weighted by atomic mass is 9.97. The van der Waals surface area contributed by atoms with Gasteiger partial charge in [0.15, 0.2) is 0 Å². The number of allylic oxidation sites excluding steroid dienone is 1. The highest BCUT2D eigenvalue weighted by atomic mass is 35.5. The molecule has 0 amide bonds. The van der Waals surface area contributed by atoms with Gasteiger partial charge in [-0.25, -0.2) is 4.39 Å². The monoisotopic (exact) mass is 380 g/mol. The number of benzene rings is 1. The van der Waals surface area contributed by atoms with Crippen molar-refractivity contribution in [3.05, 3.63) is 46.2 Å². The second-order valence-corrected chi connectivity index (χ2v) is 6.45. The third kappa shape index (κ3) is 5.61. The summed E-state index contributed by atoms with van der Waals surface area (Å²) in [6, 6.07) is 3.20. The first-order chi connectivity index (χ1) is 10.6. The van der Waals surface area contributed by atoms with E-state index in [1.165, 1.54) is 6.07 Å². The molecular weight excluding hydrogens is 358 g/mol. The molecule has 0 radical (unpaired) electrons. The topological polar surface area (TPSA) is 15.3 Å². The van der Waals surface area contributed by atoms with Gasteiger partial charge in [0.05, 0.1) is 5.02 Å². The summed E-state index contributed by atoms with van der Waals surface area (Å²) in [6.45, 7) is 7.38. The molecular formula is C17H24Cl3FN2. The minimum absolute atomic E-state index is 0. The molecule has 0 spiro atoms. The quantitative estimate of drug-likeness (QED) is 0.394. The first-order valence-electron chi connectivity index (χ1n) is 7.84. The van der Waals surface area contributed by atoms with Crippen molar-refractivity contribution in [2.24, 2.45) is 0 Å². The van der Waals surface area contributed by atoms with Gasteiger partial charge < -0.3 is 5.32 Å². The van der Waals surface area contributed by atoms with Gasteiger partial charge in [-0.05, 0) is 31.4 Å². The van der Waals surface area contributed by atoms with Crippen LogP contribution in [0.15, 0.2) is 24.8 Å². The summed E-state index contributed by atoms with van der Waals surface area (Å²) >= 11 is 12.3. The molecule has 1 aliphatic rings. The summed E-state index contributed by atoms with van der Waals surface area (Å²) < 4.78 is 14.6. The molecule has 1 aliphatic heterocycles. The fourth-order valence-electron chi connectivity index (χ4n) is 2.98. The molecule has 6 heteroatoms. The number of unbranched alkanes of at least 4 members (excludes halogenated alkanes) is 2. The fraction of sp³-hybridized carbons (Fsp3) is 0.529. The maximum absolute atomic E-state index is 14.6. The lowest BCUT2D eigenvalue weighted by molar-refractivity contribution is 0.160. The summed E-state index contributed by atoms with van der Waals surface area (Å²) in [5.74, 6) is -0.374. The second-order valence-electron chi connectivity index (χ2n) is 5.63. The molecule has 1 heterocycles. The van der Waals surface area contributed by atoms with Crippen molar-refractivity contribution in [3.8, 4) is 0 Å². The Morgan fingerprint density at radius 1 is 1.22 bits per heavy atom. The van der Waals surface area contributed by atoms with Crippen LogP contribution in [0.5, 0.6) is 0 Å². The smallest absolute Gasteiger partial charge is 0.148 e. The Bertz CT molecular complexity index is 505. The fourth-order valence-corrected chi connectivity index (χ4v) is 3.41. The number of halogens is 4. The van der Waals surface area contributed by atoms with Crippen LogP contribution in [-0.4, -0.2) is 31.1 Å². The number of nitrogens with one attached hydrogen (secondary N) is 1. The van der Waals surface area contributed by atoms with Gasteiger partial charge in [-0.2, -0.15) is 0 Å². The Hall–Kier alpha value is -0.320. The molecule has 0 saturated carbocycles. The Morgan fingerprint density at radius 2 is 1.87 bits per heavy atom. The second kappa shape index (κ2) is 10.5. The molecule has 2 nitrogen and oxygen atoms in total.